The number of nitrogens with one attached hydrogen (secondary N) is 1. The number of hydrogen-bond acceptors (Lipinski definition) is 2. The van der Waals surface area contributed by atoms with Crippen LogP contribution in [0.1, 0.15) is 39.5 Å². The van der Waals surface area contributed by atoms with Gasteiger partial charge in [-0.1, -0.05) is 13.3 Å². The summed E-state index contributed by atoms with van der Waals surface area (Å²) < 4.78 is 38.1. The Balaban J connectivity index is 2.72. The molecule has 21 heavy (non-hydrogen) atoms. The summed E-state index contributed by atoms with van der Waals surface area (Å²) in [7, 11) is 0. The van der Waals surface area contributed by atoms with Crippen LogP contribution < -0.4 is 5.32 Å². The van der Waals surface area contributed by atoms with Gasteiger partial charge in [0.2, 0.25) is 0 Å². The van der Waals surface area contributed by atoms with E-state index in [0.717, 1.165) is 4.90 Å². The Hall–Kier alpha value is -1.47. The maximum Gasteiger partial charge on any atom is 0.393 e. The van der Waals surface area contributed by atoms with Crippen LogP contribution in [0, 0.1) is 5.92 Å². The first-order chi connectivity index (χ1) is 9.60. The zero-order valence-electron chi connectivity index (χ0n) is 12.2. The number of nitrogens with zero attached hydrogens (tertiary/aromatic N) is 1. The number of alkyl halides is 3. The third kappa shape index (κ3) is 4.50. The number of carbonyl (C=O) groups is 2. The van der Waals surface area contributed by atoms with Crippen LogP contribution in [0.2, 0.25) is 0 Å². The number of carboxylic acid groups (broad SMARTS) is 1. The van der Waals surface area contributed by atoms with E-state index in [1.165, 1.54) is 6.92 Å². The highest BCUT2D eigenvalue weighted by atomic mass is 19.4. The number of aliphatic carboxylic acids is 1. The van der Waals surface area contributed by atoms with Crippen molar-refractivity contribution in [2.75, 3.05) is 13.1 Å². The van der Waals surface area contributed by atoms with Crippen molar-refractivity contribution in [3.63, 3.8) is 0 Å². The number of halogens is 3. The molecule has 2 N–H and O–H groups in total. The molecule has 8 heteroatoms. The largest absolute Gasteiger partial charge is 0.480 e. The lowest BCUT2D eigenvalue weighted by Crippen LogP contribution is -2.58. The van der Waals surface area contributed by atoms with Gasteiger partial charge in [0.1, 0.15) is 5.54 Å². The fraction of sp³-hybridized carbons (Fsp3) is 0.846. The van der Waals surface area contributed by atoms with Gasteiger partial charge in [0, 0.05) is 13.1 Å². The molecule has 2 atom stereocenters. The summed E-state index contributed by atoms with van der Waals surface area (Å²) in [5.41, 5.74) is -1.46. The molecule has 1 fully saturated rings. The third-order valence-electron chi connectivity index (χ3n) is 3.78. The molecule has 122 valence electrons. The molecule has 2 unspecified atom stereocenters. The van der Waals surface area contributed by atoms with E-state index < -0.39 is 36.2 Å². The van der Waals surface area contributed by atoms with Gasteiger partial charge >= 0.3 is 18.2 Å². The zero-order chi connectivity index (χ0) is 16.3. The zero-order valence-corrected chi connectivity index (χ0v) is 12.2. The van der Waals surface area contributed by atoms with Crippen molar-refractivity contribution in [3.8, 4) is 0 Å². The van der Waals surface area contributed by atoms with E-state index in [-0.39, 0.29) is 25.8 Å². The second-order valence-corrected chi connectivity index (χ2v) is 5.64. The van der Waals surface area contributed by atoms with E-state index in [2.05, 4.69) is 5.32 Å². The average molecular weight is 310 g/mol. The first-order valence-electron chi connectivity index (χ1n) is 6.97. The molecule has 0 radical (unpaired) electrons. The van der Waals surface area contributed by atoms with Gasteiger partial charge in [-0.2, -0.15) is 13.2 Å². The average Bonchev–Trinajstić information content (AvgIpc) is 2.38. The lowest BCUT2D eigenvalue weighted by atomic mass is 9.95. The van der Waals surface area contributed by atoms with Crippen LogP contribution in [0.3, 0.4) is 0 Å². The van der Waals surface area contributed by atoms with Crippen molar-refractivity contribution >= 4 is 12.0 Å². The molecule has 1 aliphatic heterocycles. The molecule has 5 nitrogen and oxygen atoms in total. The molecule has 0 spiro atoms. The molecule has 2 amide bonds. The quantitative estimate of drug-likeness (QED) is 0.838. The summed E-state index contributed by atoms with van der Waals surface area (Å²) in [6.45, 7) is 2.92. The number of rotatable bonds is 4. The second kappa shape index (κ2) is 6.53. The van der Waals surface area contributed by atoms with Gasteiger partial charge in [0.15, 0.2) is 0 Å². The van der Waals surface area contributed by atoms with Crippen molar-refractivity contribution < 1.29 is 27.9 Å². The predicted molar refractivity (Wildman–Crippen MR) is 69.8 cm³/mol. The molecule has 0 aromatic heterocycles. The van der Waals surface area contributed by atoms with Crippen LogP contribution >= 0.6 is 0 Å². The van der Waals surface area contributed by atoms with E-state index >= 15 is 0 Å². The third-order valence-corrected chi connectivity index (χ3v) is 3.78. The molecular weight excluding hydrogens is 289 g/mol. The van der Waals surface area contributed by atoms with Crippen LogP contribution in [0.5, 0.6) is 0 Å². The Labute approximate surface area is 121 Å². The number of carboxylic acids is 1. The van der Waals surface area contributed by atoms with Gasteiger partial charge < -0.3 is 15.3 Å². The summed E-state index contributed by atoms with van der Waals surface area (Å²) in [6.07, 6.45) is -3.33. The Morgan fingerprint density at radius 3 is 2.48 bits per heavy atom. The maximum atomic E-state index is 12.7. The van der Waals surface area contributed by atoms with E-state index in [4.69, 9.17) is 0 Å². The van der Waals surface area contributed by atoms with Crippen LogP contribution in [0.15, 0.2) is 0 Å². The van der Waals surface area contributed by atoms with Gasteiger partial charge in [-0.25, -0.2) is 9.59 Å². The van der Waals surface area contributed by atoms with Gasteiger partial charge in [-0.3, -0.25) is 0 Å². The summed E-state index contributed by atoms with van der Waals surface area (Å²) in [5, 5.41) is 11.5. The van der Waals surface area contributed by atoms with Gasteiger partial charge in [-0.15, -0.1) is 0 Å². The summed E-state index contributed by atoms with van der Waals surface area (Å²) >= 11 is 0. The number of amides is 2. The van der Waals surface area contributed by atoms with Crippen LogP contribution in [-0.4, -0.2) is 46.8 Å². The fourth-order valence-corrected chi connectivity index (χ4v) is 2.47. The van der Waals surface area contributed by atoms with Crippen molar-refractivity contribution in [2.45, 2.75) is 51.2 Å². The molecule has 0 aliphatic carbocycles. The highest BCUT2D eigenvalue weighted by Crippen LogP contribution is 2.33. The standard InChI is InChI=1S/C13H21F3N2O3/c1-3-6-12(2,10(19)20)17-11(21)18-7-4-5-9(8-18)13(14,15)16/h9H,3-8H2,1-2H3,(H,17,21)(H,19,20). The topological polar surface area (TPSA) is 69.6 Å². The Morgan fingerprint density at radius 1 is 1.38 bits per heavy atom. The highest BCUT2D eigenvalue weighted by Gasteiger charge is 2.43. The molecule has 0 aromatic carbocycles. The summed E-state index contributed by atoms with van der Waals surface area (Å²) in [5.74, 6) is -2.73. The number of hydrogen-bond donors (Lipinski definition) is 2. The van der Waals surface area contributed by atoms with E-state index in [9.17, 15) is 27.9 Å². The molecular formula is C13H21F3N2O3. The SMILES string of the molecule is CCCC(C)(NC(=O)N1CCCC(C(F)(F)F)C1)C(=O)O. The first kappa shape index (κ1) is 17.6. The minimum absolute atomic E-state index is 0.00155. The summed E-state index contributed by atoms with van der Waals surface area (Å²) in [4.78, 5) is 24.3. The molecule has 0 aromatic rings. The number of urea groups is 1. The van der Waals surface area contributed by atoms with Crippen LogP contribution in [-0.2, 0) is 4.79 Å². The molecule has 0 bridgehead atoms. The van der Waals surface area contributed by atoms with E-state index in [0.29, 0.717) is 6.42 Å². The van der Waals surface area contributed by atoms with Crippen molar-refractivity contribution in [1.29, 1.82) is 0 Å². The number of carbonyl (C=O) groups excluding carboxylic acids is 1. The lowest BCUT2D eigenvalue weighted by Gasteiger charge is -2.36. The number of piperidine rings is 1. The second-order valence-electron chi connectivity index (χ2n) is 5.64. The smallest absolute Gasteiger partial charge is 0.393 e. The van der Waals surface area contributed by atoms with Crippen molar-refractivity contribution in [2.24, 2.45) is 5.92 Å². The Kier molecular flexibility index (Phi) is 5.47. The normalized spacial score (nSPS) is 22.5. The fourth-order valence-electron chi connectivity index (χ4n) is 2.47. The minimum Gasteiger partial charge on any atom is -0.480 e. The molecule has 0 saturated carbocycles. The summed E-state index contributed by atoms with van der Waals surface area (Å²) in [6, 6.07) is -0.748. The molecule has 1 heterocycles. The van der Waals surface area contributed by atoms with Gasteiger partial charge in [0.25, 0.3) is 0 Å². The van der Waals surface area contributed by atoms with Gasteiger partial charge in [-0.05, 0) is 26.2 Å². The molecule has 1 rings (SSSR count). The minimum atomic E-state index is -4.33. The number of likely N-dealkylation sites (tertiary alicyclic amines) is 1. The Bertz CT molecular complexity index is 401. The van der Waals surface area contributed by atoms with Crippen molar-refractivity contribution in [3.05, 3.63) is 0 Å². The molecule has 1 saturated heterocycles. The molecule has 1 aliphatic rings. The van der Waals surface area contributed by atoms with E-state index in [1.54, 1.807) is 6.92 Å². The van der Waals surface area contributed by atoms with Gasteiger partial charge in [0.05, 0.1) is 5.92 Å². The van der Waals surface area contributed by atoms with E-state index in [1.807, 2.05) is 0 Å². The maximum absolute atomic E-state index is 12.7. The predicted octanol–water partition coefficient (Wildman–Crippen LogP) is 2.61. The lowest BCUT2D eigenvalue weighted by molar-refractivity contribution is -0.184. The monoisotopic (exact) mass is 310 g/mol. The highest BCUT2D eigenvalue weighted by molar-refractivity contribution is 5.85. The first-order valence-corrected chi connectivity index (χ1v) is 6.97. The van der Waals surface area contributed by atoms with Crippen LogP contribution in [0.25, 0.3) is 0 Å². The Morgan fingerprint density at radius 2 is 2.00 bits per heavy atom. The van der Waals surface area contributed by atoms with Crippen LogP contribution in [0.4, 0.5) is 18.0 Å². The van der Waals surface area contributed by atoms with Crippen molar-refractivity contribution in [1.82, 2.24) is 10.2 Å².